The number of benzene rings is 1. The maximum absolute atomic E-state index is 13.4. The number of hydrogen-bond donors (Lipinski definition) is 0. The van der Waals surface area contributed by atoms with Crippen LogP contribution in [0.5, 0.6) is 0 Å². The van der Waals surface area contributed by atoms with Crippen molar-refractivity contribution in [1.82, 2.24) is 24.5 Å². The highest BCUT2D eigenvalue weighted by atomic mass is 35.5. The molecule has 3 heterocycles. The molecule has 0 saturated carbocycles. The van der Waals surface area contributed by atoms with E-state index in [0.717, 1.165) is 44.1 Å². The topological polar surface area (TPSA) is 44.6 Å². The largest absolute Gasteiger partial charge is 0.336 e. The van der Waals surface area contributed by atoms with Crippen molar-refractivity contribution in [3.05, 3.63) is 46.7 Å². The van der Waals surface area contributed by atoms with Gasteiger partial charge in [-0.3, -0.25) is 9.69 Å². The summed E-state index contributed by atoms with van der Waals surface area (Å²) in [5.41, 5.74) is 2.53. The summed E-state index contributed by atoms with van der Waals surface area (Å²) in [5, 5.41) is 5.22. The van der Waals surface area contributed by atoms with E-state index in [-0.39, 0.29) is 11.8 Å². The van der Waals surface area contributed by atoms with Gasteiger partial charge in [-0.25, -0.2) is 4.68 Å². The summed E-state index contributed by atoms with van der Waals surface area (Å²) < 4.78 is 1.86. The monoisotopic (exact) mass is 429 g/mol. The Balaban J connectivity index is 1.49. The number of carbonyl (C=O) groups is 1. The number of aromatic nitrogens is 2. The average Bonchev–Trinajstić information content (AvgIpc) is 3.19. The summed E-state index contributed by atoms with van der Waals surface area (Å²) in [5.74, 6) is 0.261. The summed E-state index contributed by atoms with van der Waals surface area (Å²) in [7, 11) is 2.21. The first-order valence-electron chi connectivity index (χ1n) is 11.0. The Morgan fingerprint density at radius 2 is 1.93 bits per heavy atom. The molecule has 2 fully saturated rings. The minimum absolute atomic E-state index is 0.0902. The van der Waals surface area contributed by atoms with Gasteiger partial charge in [-0.2, -0.15) is 5.10 Å². The van der Waals surface area contributed by atoms with Crippen LogP contribution >= 0.6 is 11.6 Å². The Bertz CT molecular complexity index is 887. The molecule has 162 valence electrons. The van der Waals surface area contributed by atoms with Crippen LogP contribution in [0.3, 0.4) is 0 Å². The third kappa shape index (κ3) is 4.41. The molecule has 30 heavy (non-hydrogen) atoms. The standard InChI is InChI=1S/C23H32ClN5O/c1-17(2)22-21(15-25-29(22)19-7-4-6-18(24)14-19)23(30)28-12-10-27(11-13-28)20-8-5-9-26(3)16-20/h4,6-7,14-15,17,20H,5,8-13,16H2,1-3H3. The molecule has 6 nitrogen and oxygen atoms in total. The van der Waals surface area contributed by atoms with Crippen molar-refractivity contribution < 1.29 is 4.79 Å². The molecule has 0 N–H and O–H groups in total. The van der Waals surface area contributed by atoms with Crippen molar-refractivity contribution in [2.24, 2.45) is 0 Å². The first kappa shape index (κ1) is 21.3. The van der Waals surface area contributed by atoms with Gasteiger partial charge in [-0.1, -0.05) is 31.5 Å². The van der Waals surface area contributed by atoms with Crippen molar-refractivity contribution >= 4 is 17.5 Å². The lowest BCUT2D eigenvalue weighted by atomic mass is 10.0. The van der Waals surface area contributed by atoms with Gasteiger partial charge in [-0.15, -0.1) is 0 Å². The van der Waals surface area contributed by atoms with E-state index >= 15 is 0 Å². The number of amides is 1. The van der Waals surface area contributed by atoms with Crippen molar-refractivity contribution in [3.8, 4) is 5.69 Å². The summed E-state index contributed by atoms with van der Waals surface area (Å²) in [4.78, 5) is 20.4. The van der Waals surface area contributed by atoms with Crippen molar-refractivity contribution in [2.75, 3.05) is 46.3 Å². The van der Waals surface area contributed by atoms with E-state index in [9.17, 15) is 4.79 Å². The predicted molar refractivity (Wildman–Crippen MR) is 121 cm³/mol. The molecule has 0 bridgehead atoms. The number of rotatable bonds is 4. The van der Waals surface area contributed by atoms with Gasteiger partial charge in [-0.05, 0) is 50.6 Å². The summed E-state index contributed by atoms with van der Waals surface area (Å²) in [6.07, 6.45) is 4.25. The minimum atomic E-state index is 0.0902. The second-order valence-corrected chi connectivity index (χ2v) is 9.31. The molecule has 0 aliphatic carbocycles. The number of piperazine rings is 1. The van der Waals surface area contributed by atoms with Gasteiger partial charge in [0.1, 0.15) is 0 Å². The zero-order chi connectivity index (χ0) is 21.3. The number of likely N-dealkylation sites (tertiary alicyclic amines) is 1. The molecular formula is C23H32ClN5O. The van der Waals surface area contributed by atoms with Crippen molar-refractivity contribution in [3.63, 3.8) is 0 Å². The molecule has 2 aliphatic heterocycles. The van der Waals surface area contributed by atoms with E-state index in [4.69, 9.17) is 11.6 Å². The molecule has 4 rings (SSSR count). The zero-order valence-electron chi connectivity index (χ0n) is 18.2. The van der Waals surface area contributed by atoms with Crippen LogP contribution < -0.4 is 0 Å². The molecule has 0 spiro atoms. The molecule has 1 amide bonds. The fraction of sp³-hybridized carbons (Fsp3) is 0.565. The van der Waals surface area contributed by atoms with Crippen LogP contribution in [-0.2, 0) is 0 Å². The van der Waals surface area contributed by atoms with Gasteiger partial charge >= 0.3 is 0 Å². The van der Waals surface area contributed by atoms with Gasteiger partial charge in [0.25, 0.3) is 5.91 Å². The Morgan fingerprint density at radius 1 is 1.17 bits per heavy atom. The third-order valence-electron chi connectivity index (χ3n) is 6.35. The number of carbonyl (C=O) groups excluding carboxylic acids is 1. The molecule has 1 atom stereocenters. The zero-order valence-corrected chi connectivity index (χ0v) is 19.0. The number of hydrogen-bond acceptors (Lipinski definition) is 4. The van der Waals surface area contributed by atoms with Crippen molar-refractivity contribution in [1.29, 1.82) is 0 Å². The number of likely N-dealkylation sites (N-methyl/N-ethyl adjacent to an activating group) is 1. The highest BCUT2D eigenvalue weighted by Crippen LogP contribution is 2.26. The molecular weight excluding hydrogens is 398 g/mol. The van der Waals surface area contributed by atoms with Crippen LogP contribution in [-0.4, -0.2) is 82.7 Å². The van der Waals surface area contributed by atoms with Gasteiger partial charge in [0.15, 0.2) is 0 Å². The first-order chi connectivity index (χ1) is 14.4. The highest BCUT2D eigenvalue weighted by molar-refractivity contribution is 6.30. The first-order valence-corrected chi connectivity index (χ1v) is 11.4. The molecule has 2 saturated heterocycles. The fourth-order valence-electron chi connectivity index (χ4n) is 4.79. The molecule has 2 aromatic rings. The molecule has 1 aromatic heterocycles. The van der Waals surface area contributed by atoms with Gasteiger partial charge in [0, 0.05) is 43.8 Å². The van der Waals surface area contributed by atoms with Crippen LogP contribution in [0.1, 0.15) is 48.7 Å². The molecule has 2 aliphatic rings. The van der Waals surface area contributed by atoms with Crippen molar-refractivity contribution in [2.45, 2.75) is 38.6 Å². The predicted octanol–water partition coefficient (Wildman–Crippen LogP) is 3.50. The Hall–Kier alpha value is -1.89. The maximum atomic E-state index is 13.4. The van der Waals surface area contributed by atoms with E-state index in [1.54, 1.807) is 6.20 Å². The lowest BCUT2D eigenvalue weighted by molar-refractivity contribution is 0.0451. The minimum Gasteiger partial charge on any atom is -0.336 e. The third-order valence-corrected chi connectivity index (χ3v) is 6.59. The Labute approximate surface area is 184 Å². The van der Waals surface area contributed by atoms with Crippen LogP contribution in [0.25, 0.3) is 5.69 Å². The highest BCUT2D eigenvalue weighted by Gasteiger charge is 2.31. The Kier molecular flexibility index (Phi) is 6.46. The fourth-order valence-corrected chi connectivity index (χ4v) is 4.97. The number of piperidine rings is 1. The SMILES string of the molecule is CC(C)c1c(C(=O)N2CCN(C3CCCN(C)C3)CC2)cnn1-c1cccc(Cl)c1. The van der Waals surface area contributed by atoms with Crippen LogP contribution in [0.15, 0.2) is 30.5 Å². The molecule has 1 unspecified atom stereocenters. The molecule has 7 heteroatoms. The summed E-state index contributed by atoms with van der Waals surface area (Å²) in [6, 6.07) is 8.23. The smallest absolute Gasteiger partial charge is 0.257 e. The summed E-state index contributed by atoms with van der Waals surface area (Å²) >= 11 is 6.18. The van der Waals surface area contributed by atoms with E-state index in [1.165, 1.54) is 19.4 Å². The van der Waals surface area contributed by atoms with E-state index in [0.29, 0.717) is 16.6 Å². The van der Waals surface area contributed by atoms with E-state index < -0.39 is 0 Å². The van der Waals surface area contributed by atoms with Gasteiger partial charge in [0.2, 0.25) is 0 Å². The van der Waals surface area contributed by atoms with E-state index in [2.05, 4.69) is 35.8 Å². The van der Waals surface area contributed by atoms with Gasteiger partial charge in [0.05, 0.1) is 23.1 Å². The van der Waals surface area contributed by atoms with Crippen LogP contribution in [0, 0.1) is 0 Å². The lowest BCUT2D eigenvalue weighted by Crippen LogP contribution is -2.55. The normalized spacial score (nSPS) is 21.4. The Morgan fingerprint density at radius 3 is 2.60 bits per heavy atom. The molecule has 1 aromatic carbocycles. The maximum Gasteiger partial charge on any atom is 0.257 e. The number of nitrogens with zero attached hydrogens (tertiary/aromatic N) is 5. The quantitative estimate of drug-likeness (QED) is 0.746. The summed E-state index contributed by atoms with van der Waals surface area (Å²) in [6.45, 7) is 9.99. The van der Waals surface area contributed by atoms with Crippen LogP contribution in [0.2, 0.25) is 5.02 Å². The van der Waals surface area contributed by atoms with E-state index in [1.807, 2.05) is 33.8 Å². The second kappa shape index (κ2) is 9.08. The average molecular weight is 430 g/mol. The number of halogens is 1. The van der Waals surface area contributed by atoms with Gasteiger partial charge < -0.3 is 9.80 Å². The molecule has 0 radical (unpaired) electrons. The van der Waals surface area contributed by atoms with Crippen LogP contribution in [0.4, 0.5) is 0 Å². The lowest BCUT2D eigenvalue weighted by Gasteiger charge is -2.42. The second-order valence-electron chi connectivity index (χ2n) is 8.88.